The summed E-state index contributed by atoms with van der Waals surface area (Å²) in [6.45, 7) is 8.28. The van der Waals surface area contributed by atoms with Crippen LogP contribution in [0.5, 0.6) is 0 Å². The predicted molar refractivity (Wildman–Crippen MR) is 80.1 cm³/mol. The average Bonchev–Trinajstić information content (AvgIpc) is 2.30. The smallest absolute Gasteiger partial charge is 0.335 e. The van der Waals surface area contributed by atoms with Crippen molar-refractivity contribution in [1.29, 1.82) is 0 Å². The first-order chi connectivity index (χ1) is 9.19. The summed E-state index contributed by atoms with van der Waals surface area (Å²) in [4.78, 5) is 22.8. The van der Waals surface area contributed by atoms with Gasteiger partial charge in [0.2, 0.25) is 5.91 Å². The lowest BCUT2D eigenvalue weighted by atomic mass is 9.90. The van der Waals surface area contributed by atoms with Gasteiger partial charge in [0.25, 0.3) is 0 Å². The molecule has 0 bridgehead atoms. The first-order valence-corrected chi connectivity index (χ1v) is 6.83. The van der Waals surface area contributed by atoms with Gasteiger partial charge < -0.3 is 10.4 Å². The molecule has 1 amide bonds. The standard InChI is InChI=1S/C16H23NO3/c1-11-7-8-12(15(19)20)10-13(11)17-14(18)6-5-9-16(2,3)4/h7-8,10H,5-6,9H2,1-4H3,(H,17,18)(H,19,20). The first kappa shape index (κ1) is 16.2. The summed E-state index contributed by atoms with van der Waals surface area (Å²) < 4.78 is 0. The molecule has 0 saturated heterocycles. The van der Waals surface area contributed by atoms with E-state index in [1.165, 1.54) is 12.1 Å². The van der Waals surface area contributed by atoms with Crippen LogP contribution in [0.1, 0.15) is 56.0 Å². The maximum absolute atomic E-state index is 11.9. The van der Waals surface area contributed by atoms with E-state index >= 15 is 0 Å². The SMILES string of the molecule is Cc1ccc(C(=O)O)cc1NC(=O)CCCC(C)(C)C. The van der Waals surface area contributed by atoms with E-state index in [0.717, 1.165) is 18.4 Å². The molecule has 1 aromatic carbocycles. The Morgan fingerprint density at radius 1 is 1.25 bits per heavy atom. The largest absolute Gasteiger partial charge is 0.478 e. The van der Waals surface area contributed by atoms with Gasteiger partial charge in [-0.2, -0.15) is 0 Å². The third kappa shape index (κ3) is 5.43. The Bertz CT molecular complexity index is 501. The molecule has 0 aliphatic rings. The minimum absolute atomic E-state index is 0.0695. The van der Waals surface area contributed by atoms with Crippen molar-refractivity contribution in [1.82, 2.24) is 0 Å². The third-order valence-electron chi connectivity index (χ3n) is 3.09. The van der Waals surface area contributed by atoms with Crippen LogP contribution in [0.15, 0.2) is 18.2 Å². The number of benzene rings is 1. The fraction of sp³-hybridized carbons (Fsp3) is 0.500. The van der Waals surface area contributed by atoms with E-state index < -0.39 is 5.97 Å². The minimum atomic E-state index is -0.992. The molecule has 0 aromatic heterocycles. The van der Waals surface area contributed by atoms with E-state index in [1.54, 1.807) is 6.07 Å². The number of rotatable bonds is 5. The number of aryl methyl sites for hydroxylation is 1. The van der Waals surface area contributed by atoms with Crippen molar-refractivity contribution < 1.29 is 14.7 Å². The Labute approximate surface area is 120 Å². The van der Waals surface area contributed by atoms with Crippen molar-refractivity contribution in [2.75, 3.05) is 5.32 Å². The van der Waals surface area contributed by atoms with Crippen LogP contribution in [0.4, 0.5) is 5.69 Å². The van der Waals surface area contributed by atoms with Crippen molar-refractivity contribution in [2.24, 2.45) is 5.41 Å². The van der Waals surface area contributed by atoms with E-state index in [2.05, 4.69) is 26.1 Å². The van der Waals surface area contributed by atoms with Gasteiger partial charge in [-0.25, -0.2) is 4.79 Å². The van der Waals surface area contributed by atoms with Gasteiger partial charge >= 0.3 is 5.97 Å². The summed E-state index contributed by atoms with van der Waals surface area (Å²) in [7, 11) is 0. The Morgan fingerprint density at radius 3 is 2.45 bits per heavy atom. The van der Waals surface area contributed by atoms with Crippen molar-refractivity contribution >= 4 is 17.6 Å². The van der Waals surface area contributed by atoms with Gasteiger partial charge in [-0.05, 0) is 42.9 Å². The van der Waals surface area contributed by atoms with E-state index in [0.29, 0.717) is 12.1 Å². The minimum Gasteiger partial charge on any atom is -0.478 e. The Morgan fingerprint density at radius 2 is 1.90 bits per heavy atom. The molecule has 0 unspecified atom stereocenters. The summed E-state index contributed by atoms with van der Waals surface area (Å²) in [6, 6.07) is 4.74. The van der Waals surface area contributed by atoms with Gasteiger partial charge in [-0.3, -0.25) is 4.79 Å². The molecule has 0 aliphatic carbocycles. The lowest BCUT2D eigenvalue weighted by Gasteiger charge is -2.17. The molecule has 20 heavy (non-hydrogen) atoms. The molecule has 0 heterocycles. The van der Waals surface area contributed by atoms with Crippen molar-refractivity contribution in [2.45, 2.75) is 47.0 Å². The molecular formula is C16H23NO3. The molecule has 0 aliphatic heterocycles. The lowest BCUT2D eigenvalue weighted by molar-refractivity contribution is -0.116. The zero-order valence-electron chi connectivity index (χ0n) is 12.6. The summed E-state index contributed by atoms with van der Waals surface area (Å²) in [5.41, 5.74) is 1.84. The van der Waals surface area contributed by atoms with Crippen molar-refractivity contribution in [3.05, 3.63) is 29.3 Å². The fourth-order valence-electron chi connectivity index (χ4n) is 1.88. The molecule has 4 heteroatoms. The monoisotopic (exact) mass is 277 g/mol. The molecule has 2 N–H and O–H groups in total. The second-order valence-corrected chi connectivity index (χ2v) is 6.30. The predicted octanol–water partition coefficient (Wildman–Crippen LogP) is 3.85. The van der Waals surface area contributed by atoms with Crippen LogP contribution in [-0.4, -0.2) is 17.0 Å². The van der Waals surface area contributed by atoms with Crippen LogP contribution >= 0.6 is 0 Å². The zero-order chi connectivity index (χ0) is 15.3. The van der Waals surface area contributed by atoms with Crippen LogP contribution in [0.2, 0.25) is 0 Å². The number of carbonyl (C=O) groups excluding carboxylic acids is 1. The first-order valence-electron chi connectivity index (χ1n) is 6.83. The van der Waals surface area contributed by atoms with E-state index in [9.17, 15) is 9.59 Å². The van der Waals surface area contributed by atoms with Gasteiger partial charge in [0.1, 0.15) is 0 Å². The number of carboxylic acid groups (broad SMARTS) is 1. The molecule has 0 fully saturated rings. The highest BCUT2D eigenvalue weighted by Crippen LogP contribution is 2.22. The molecule has 110 valence electrons. The molecule has 0 radical (unpaired) electrons. The van der Waals surface area contributed by atoms with Crippen LogP contribution < -0.4 is 5.32 Å². The lowest BCUT2D eigenvalue weighted by Crippen LogP contribution is -2.14. The normalized spacial score (nSPS) is 11.2. The topological polar surface area (TPSA) is 66.4 Å². The number of hydrogen-bond acceptors (Lipinski definition) is 2. The van der Waals surface area contributed by atoms with Gasteiger partial charge in [0, 0.05) is 12.1 Å². The quantitative estimate of drug-likeness (QED) is 0.859. The van der Waals surface area contributed by atoms with Crippen LogP contribution in [-0.2, 0) is 4.79 Å². The maximum atomic E-state index is 11.9. The molecular weight excluding hydrogens is 254 g/mol. The van der Waals surface area contributed by atoms with E-state index in [4.69, 9.17) is 5.11 Å². The fourth-order valence-corrected chi connectivity index (χ4v) is 1.88. The van der Waals surface area contributed by atoms with E-state index in [-0.39, 0.29) is 16.9 Å². The number of carbonyl (C=O) groups is 2. The highest BCUT2D eigenvalue weighted by Gasteiger charge is 2.12. The van der Waals surface area contributed by atoms with Crippen LogP contribution in [0, 0.1) is 12.3 Å². The number of aromatic carboxylic acids is 1. The van der Waals surface area contributed by atoms with Gasteiger partial charge in [0.15, 0.2) is 0 Å². The average molecular weight is 277 g/mol. The van der Waals surface area contributed by atoms with Crippen molar-refractivity contribution in [3.63, 3.8) is 0 Å². The van der Waals surface area contributed by atoms with Gasteiger partial charge in [-0.15, -0.1) is 0 Å². The maximum Gasteiger partial charge on any atom is 0.335 e. The second kappa shape index (κ2) is 6.55. The van der Waals surface area contributed by atoms with Crippen LogP contribution in [0.3, 0.4) is 0 Å². The summed E-state index contributed by atoms with van der Waals surface area (Å²) >= 11 is 0. The molecule has 4 nitrogen and oxygen atoms in total. The molecule has 0 spiro atoms. The van der Waals surface area contributed by atoms with Gasteiger partial charge in [-0.1, -0.05) is 26.8 Å². The number of nitrogens with one attached hydrogen (secondary N) is 1. The molecule has 1 aromatic rings. The van der Waals surface area contributed by atoms with Gasteiger partial charge in [0.05, 0.1) is 5.56 Å². The number of hydrogen-bond donors (Lipinski definition) is 2. The summed E-state index contributed by atoms with van der Waals surface area (Å²) in [5, 5.41) is 11.7. The number of anilines is 1. The van der Waals surface area contributed by atoms with Crippen molar-refractivity contribution in [3.8, 4) is 0 Å². The highest BCUT2D eigenvalue weighted by atomic mass is 16.4. The van der Waals surface area contributed by atoms with E-state index in [1.807, 2.05) is 6.92 Å². The third-order valence-corrected chi connectivity index (χ3v) is 3.09. The second-order valence-electron chi connectivity index (χ2n) is 6.30. The summed E-state index contributed by atoms with van der Waals surface area (Å²) in [6.07, 6.45) is 2.26. The number of amides is 1. The number of carboxylic acids is 1. The molecule has 0 atom stereocenters. The molecule has 1 rings (SSSR count). The Balaban J connectivity index is 2.62. The summed E-state index contributed by atoms with van der Waals surface area (Å²) in [5.74, 6) is -1.06. The highest BCUT2D eigenvalue weighted by molar-refractivity contribution is 5.94. The Kier molecular flexibility index (Phi) is 5.31. The molecule has 0 saturated carbocycles. The van der Waals surface area contributed by atoms with Crippen LogP contribution in [0.25, 0.3) is 0 Å². The zero-order valence-corrected chi connectivity index (χ0v) is 12.6. The Hall–Kier alpha value is -1.84.